The average molecular weight is 407 g/mol. The topological polar surface area (TPSA) is 142 Å². The van der Waals surface area contributed by atoms with Crippen molar-refractivity contribution in [3.05, 3.63) is 30.9 Å². The zero-order valence-corrected chi connectivity index (χ0v) is 16.1. The lowest BCUT2D eigenvalue weighted by Crippen LogP contribution is -2.36. The molecule has 0 amide bonds. The van der Waals surface area contributed by atoms with E-state index in [2.05, 4.69) is 24.8 Å². The van der Waals surface area contributed by atoms with Crippen LogP contribution in [0.1, 0.15) is 0 Å². The molecule has 10 nitrogen and oxygen atoms in total. The molecule has 4 N–H and O–H groups in total. The smallest absolute Gasteiger partial charge is 0.219 e. The quantitative estimate of drug-likeness (QED) is 0.514. The molecule has 0 aromatic carbocycles. The van der Waals surface area contributed by atoms with Crippen LogP contribution < -0.4 is 16.4 Å². The maximum atomic E-state index is 5.66. The predicted octanol–water partition coefficient (Wildman–Crippen LogP) is 1.61. The number of rotatable bonds is 3. The van der Waals surface area contributed by atoms with Crippen LogP contribution in [-0.4, -0.2) is 56.2 Å². The van der Waals surface area contributed by atoms with Crippen molar-refractivity contribution in [2.45, 2.75) is 0 Å². The minimum atomic E-state index is 0.211. The molecule has 1 saturated heterocycles. The molecular weight excluding hydrogens is 390 g/mol. The van der Waals surface area contributed by atoms with Gasteiger partial charge >= 0.3 is 0 Å². The summed E-state index contributed by atoms with van der Waals surface area (Å²) in [5, 5.41) is 0. The van der Waals surface area contributed by atoms with Gasteiger partial charge in [0.15, 0.2) is 11.6 Å². The molecule has 0 spiro atoms. The van der Waals surface area contributed by atoms with Crippen LogP contribution in [0, 0.1) is 0 Å². The van der Waals surface area contributed by atoms with Gasteiger partial charge in [-0.25, -0.2) is 29.9 Å². The van der Waals surface area contributed by atoms with Crippen LogP contribution in [-0.2, 0) is 4.74 Å². The molecule has 1 aliphatic heterocycles. The van der Waals surface area contributed by atoms with Crippen molar-refractivity contribution < 1.29 is 4.74 Å². The molecule has 5 rings (SSSR count). The monoisotopic (exact) mass is 407 g/mol. The molecule has 0 radical (unpaired) electrons. The Hall–Kier alpha value is -3.44. The Morgan fingerprint density at radius 1 is 0.931 bits per heavy atom. The number of morpholine rings is 1. The van der Waals surface area contributed by atoms with Crippen LogP contribution in [0.2, 0.25) is 0 Å². The molecule has 0 bridgehead atoms. The highest BCUT2D eigenvalue weighted by atomic mass is 32.1. The fourth-order valence-electron chi connectivity index (χ4n) is 3.08. The lowest BCUT2D eigenvalue weighted by Gasteiger charge is -2.28. The van der Waals surface area contributed by atoms with Crippen LogP contribution in [0.25, 0.3) is 32.2 Å². The number of thiophene rings is 1. The van der Waals surface area contributed by atoms with E-state index in [-0.39, 0.29) is 5.95 Å². The number of hydrogen-bond donors (Lipinski definition) is 2. The Morgan fingerprint density at radius 3 is 2.45 bits per heavy atom. The van der Waals surface area contributed by atoms with Crippen molar-refractivity contribution >= 4 is 39.1 Å². The number of aromatic nitrogens is 6. The first-order valence-electron chi connectivity index (χ1n) is 8.97. The van der Waals surface area contributed by atoms with Gasteiger partial charge in [0.25, 0.3) is 0 Å². The van der Waals surface area contributed by atoms with Crippen LogP contribution in [0.15, 0.2) is 30.9 Å². The van der Waals surface area contributed by atoms with E-state index in [0.29, 0.717) is 30.4 Å². The van der Waals surface area contributed by atoms with E-state index in [1.54, 1.807) is 36.1 Å². The number of nitrogens with two attached hydrogens (primary N) is 2. The normalized spacial score (nSPS) is 14.4. The largest absolute Gasteiger partial charge is 0.382 e. The zero-order chi connectivity index (χ0) is 19.8. The van der Waals surface area contributed by atoms with Crippen molar-refractivity contribution in [3.8, 4) is 22.0 Å². The number of nitrogen functional groups attached to an aromatic ring is 2. The molecule has 0 saturated carbocycles. The molecule has 1 fully saturated rings. The summed E-state index contributed by atoms with van der Waals surface area (Å²) >= 11 is 1.58. The van der Waals surface area contributed by atoms with Gasteiger partial charge in [0.1, 0.15) is 5.82 Å². The zero-order valence-electron chi connectivity index (χ0n) is 15.3. The maximum absolute atomic E-state index is 5.66. The van der Waals surface area contributed by atoms with E-state index in [4.69, 9.17) is 26.2 Å². The van der Waals surface area contributed by atoms with Gasteiger partial charge in [-0.2, -0.15) is 0 Å². The van der Waals surface area contributed by atoms with E-state index in [1.807, 2.05) is 6.07 Å². The van der Waals surface area contributed by atoms with Gasteiger partial charge in [0, 0.05) is 25.5 Å². The SMILES string of the molecule is Nc1cnc(-c2cc3nc(-c4cnc(N)nc4)nc(N4CCOCC4)c3s2)cn1. The van der Waals surface area contributed by atoms with E-state index in [9.17, 15) is 0 Å². The lowest BCUT2D eigenvalue weighted by atomic mass is 10.2. The summed E-state index contributed by atoms with van der Waals surface area (Å²) < 4.78 is 6.49. The fraction of sp³-hybridized carbons (Fsp3) is 0.222. The average Bonchev–Trinajstić information content (AvgIpc) is 3.19. The Morgan fingerprint density at radius 2 is 1.72 bits per heavy atom. The minimum absolute atomic E-state index is 0.211. The third kappa shape index (κ3) is 3.41. The summed E-state index contributed by atoms with van der Waals surface area (Å²) in [4.78, 5) is 29.4. The number of nitrogens with zero attached hydrogens (tertiary/aromatic N) is 7. The molecule has 11 heteroatoms. The maximum Gasteiger partial charge on any atom is 0.219 e. The molecule has 4 aromatic heterocycles. The summed E-state index contributed by atoms with van der Waals surface area (Å²) in [5.74, 6) is 2.01. The Balaban J connectivity index is 1.67. The second kappa shape index (κ2) is 7.18. The molecule has 0 atom stereocenters. The Labute approximate surface area is 169 Å². The highest BCUT2D eigenvalue weighted by Gasteiger charge is 2.21. The van der Waals surface area contributed by atoms with Crippen molar-refractivity contribution in [1.82, 2.24) is 29.9 Å². The summed E-state index contributed by atoms with van der Waals surface area (Å²) in [6.45, 7) is 2.85. The molecule has 5 heterocycles. The van der Waals surface area contributed by atoms with Crippen LogP contribution >= 0.6 is 11.3 Å². The first-order valence-corrected chi connectivity index (χ1v) is 9.79. The first kappa shape index (κ1) is 17.6. The Bertz CT molecular complexity index is 1150. The minimum Gasteiger partial charge on any atom is -0.382 e. The van der Waals surface area contributed by atoms with Gasteiger partial charge in [-0.3, -0.25) is 0 Å². The summed E-state index contributed by atoms with van der Waals surface area (Å²) in [7, 11) is 0. The van der Waals surface area contributed by atoms with Crippen molar-refractivity contribution in [1.29, 1.82) is 0 Å². The van der Waals surface area contributed by atoms with Gasteiger partial charge < -0.3 is 21.1 Å². The molecule has 1 aliphatic rings. The van der Waals surface area contributed by atoms with E-state index in [0.717, 1.165) is 39.7 Å². The van der Waals surface area contributed by atoms with E-state index >= 15 is 0 Å². The highest BCUT2D eigenvalue weighted by Crippen LogP contribution is 2.38. The summed E-state index contributed by atoms with van der Waals surface area (Å²) in [5.41, 5.74) is 13.6. The Kier molecular flexibility index (Phi) is 4.37. The molecule has 146 valence electrons. The number of anilines is 3. The number of hydrogen-bond acceptors (Lipinski definition) is 11. The third-order valence-electron chi connectivity index (χ3n) is 4.52. The molecular formula is C18H17N9OS. The molecule has 0 unspecified atom stereocenters. The first-order chi connectivity index (χ1) is 14.2. The predicted molar refractivity (Wildman–Crippen MR) is 111 cm³/mol. The van der Waals surface area contributed by atoms with E-state index < -0.39 is 0 Å². The molecule has 0 aliphatic carbocycles. The van der Waals surface area contributed by atoms with Gasteiger partial charge in [-0.05, 0) is 6.07 Å². The van der Waals surface area contributed by atoms with Crippen molar-refractivity contribution in [2.24, 2.45) is 0 Å². The highest BCUT2D eigenvalue weighted by molar-refractivity contribution is 7.22. The fourth-order valence-corrected chi connectivity index (χ4v) is 4.15. The standard InChI is InChI=1S/C18H17N9OS/c19-14-9-21-12(8-22-14)13-5-11-15(29-13)17(27-1-3-28-4-2-27)26-16(25-11)10-6-23-18(20)24-7-10/h5-9H,1-4H2,(H2,19,22)(H2,20,23,24). The number of fused-ring (bicyclic) bond motifs is 1. The van der Waals surface area contributed by atoms with Gasteiger partial charge in [-0.15, -0.1) is 11.3 Å². The summed E-state index contributed by atoms with van der Waals surface area (Å²) in [6.07, 6.45) is 6.47. The van der Waals surface area contributed by atoms with Crippen molar-refractivity contribution in [3.63, 3.8) is 0 Å². The molecule has 29 heavy (non-hydrogen) atoms. The van der Waals surface area contributed by atoms with E-state index in [1.165, 1.54) is 0 Å². The van der Waals surface area contributed by atoms with Crippen LogP contribution in [0.4, 0.5) is 17.6 Å². The van der Waals surface area contributed by atoms with Gasteiger partial charge in [-0.1, -0.05) is 0 Å². The molecule has 4 aromatic rings. The third-order valence-corrected chi connectivity index (χ3v) is 5.66. The van der Waals surface area contributed by atoms with Crippen molar-refractivity contribution in [2.75, 3.05) is 42.7 Å². The van der Waals surface area contributed by atoms with Gasteiger partial charge in [0.2, 0.25) is 5.95 Å². The van der Waals surface area contributed by atoms with Crippen LogP contribution in [0.3, 0.4) is 0 Å². The second-order valence-corrected chi connectivity index (χ2v) is 7.50. The van der Waals surface area contributed by atoms with Gasteiger partial charge in [0.05, 0.1) is 52.0 Å². The summed E-state index contributed by atoms with van der Waals surface area (Å²) in [6, 6.07) is 1.99. The number of ether oxygens (including phenoxy) is 1. The van der Waals surface area contributed by atoms with Crippen LogP contribution in [0.5, 0.6) is 0 Å². The lowest BCUT2D eigenvalue weighted by molar-refractivity contribution is 0.122. The second-order valence-electron chi connectivity index (χ2n) is 6.45.